The van der Waals surface area contributed by atoms with Gasteiger partial charge in [-0.1, -0.05) is 24.8 Å². The zero-order chi connectivity index (χ0) is 12.2. The third-order valence-electron chi connectivity index (χ3n) is 1.80. The monoisotopic (exact) mass is 240 g/mol. The first-order chi connectivity index (χ1) is 7.70. The number of rotatable bonds is 6. The van der Waals surface area contributed by atoms with Gasteiger partial charge in [0.25, 0.3) is 0 Å². The summed E-state index contributed by atoms with van der Waals surface area (Å²) >= 11 is 0. The minimum absolute atomic E-state index is 0.104. The normalized spacial score (nSPS) is 12.1. The molecule has 0 rings (SSSR count). The quantitative estimate of drug-likeness (QED) is 0.407. The van der Waals surface area contributed by atoms with E-state index >= 15 is 0 Å². The third kappa shape index (κ3) is 9.43. The molecule has 0 radical (unpaired) electrons. The van der Waals surface area contributed by atoms with E-state index < -0.39 is 0 Å². The lowest BCUT2D eigenvalue weighted by molar-refractivity contribution is -0.143. The number of ether oxygens (including phenoxy) is 1. The standard InChI is InChI=1S/C12H17O3P/c1-3-15-12(13)9-8-11(2)7-5-4-6-10-16-14/h4,6,11H,3,8-10H2,1-2H3/b6-4+/t11-/m1/s1. The lowest BCUT2D eigenvalue weighted by atomic mass is 10.1. The average Bonchev–Trinajstić information content (AvgIpc) is 2.26. The van der Waals surface area contributed by atoms with E-state index in [1.54, 1.807) is 19.1 Å². The van der Waals surface area contributed by atoms with Gasteiger partial charge < -0.3 is 4.74 Å². The van der Waals surface area contributed by atoms with E-state index in [1.165, 1.54) is 0 Å². The van der Waals surface area contributed by atoms with Crippen LogP contribution in [0.3, 0.4) is 0 Å². The van der Waals surface area contributed by atoms with Crippen molar-refractivity contribution in [3.8, 4) is 11.8 Å². The van der Waals surface area contributed by atoms with Crippen molar-refractivity contribution in [2.24, 2.45) is 5.92 Å². The summed E-state index contributed by atoms with van der Waals surface area (Å²) in [5, 5.41) is 0. The maximum Gasteiger partial charge on any atom is 0.305 e. The molecule has 0 aliphatic carbocycles. The fraction of sp³-hybridized carbons (Fsp3) is 0.583. The van der Waals surface area contributed by atoms with Gasteiger partial charge in [-0.05, 0) is 19.4 Å². The Morgan fingerprint density at radius 1 is 1.56 bits per heavy atom. The van der Waals surface area contributed by atoms with Crippen LogP contribution in [0.1, 0.15) is 26.7 Å². The van der Waals surface area contributed by atoms with E-state index in [0.717, 1.165) is 0 Å². The highest BCUT2D eigenvalue weighted by atomic mass is 31.1. The number of carbonyl (C=O) groups is 1. The summed E-state index contributed by atoms with van der Waals surface area (Å²) in [5.74, 6) is 5.83. The molecule has 0 aromatic carbocycles. The van der Waals surface area contributed by atoms with Gasteiger partial charge in [-0.3, -0.25) is 9.36 Å². The van der Waals surface area contributed by atoms with Crippen LogP contribution in [0.25, 0.3) is 0 Å². The molecule has 88 valence electrons. The molecule has 0 saturated carbocycles. The number of esters is 1. The highest BCUT2D eigenvalue weighted by Gasteiger charge is 2.04. The van der Waals surface area contributed by atoms with Crippen LogP contribution in [0.15, 0.2) is 12.2 Å². The fourth-order valence-corrected chi connectivity index (χ4v) is 1.18. The Kier molecular flexibility index (Phi) is 9.66. The molecule has 0 unspecified atom stereocenters. The first kappa shape index (κ1) is 14.9. The van der Waals surface area contributed by atoms with Crippen LogP contribution in [-0.4, -0.2) is 18.7 Å². The molecule has 0 bridgehead atoms. The van der Waals surface area contributed by atoms with Gasteiger partial charge in [0.2, 0.25) is 0 Å². The van der Waals surface area contributed by atoms with Gasteiger partial charge in [0, 0.05) is 18.5 Å². The van der Waals surface area contributed by atoms with Crippen LogP contribution in [0, 0.1) is 17.8 Å². The van der Waals surface area contributed by atoms with Crippen molar-refractivity contribution >= 4 is 14.4 Å². The van der Waals surface area contributed by atoms with Crippen molar-refractivity contribution in [2.75, 3.05) is 12.8 Å². The zero-order valence-corrected chi connectivity index (χ0v) is 10.6. The van der Waals surface area contributed by atoms with Gasteiger partial charge in [0.05, 0.1) is 6.61 Å². The lowest BCUT2D eigenvalue weighted by Gasteiger charge is -2.03. The number of hydrogen-bond donors (Lipinski definition) is 0. The molecule has 1 atom stereocenters. The summed E-state index contributed by atoms with van der Waals surface area (Å²) < 4.78 is 14.9. The molecular weight excluding hydrogens is 223 g/mol. The SMILES string of the molecule is CCOC(=O)CC[C@H](C)C#C/C=C/CP=O. The minimum Gasteiger partial charge on any atom is -0.466 e. The smallest absolute Gasteiger partial charge is 0.305 e. The maximum atomic E-state index is 11.0. The Hall–Kier alpha value is -1.13. The van der Waals surface area contributed by atoms with E-state index in [1.807, 2.05) is 6.92 Å². The fourth-order valence-electron chi connectivity index (χ4n) is 0.985. The van der Waals surface area contributed by atoms with Crippen molar-refractivity contribution in [1.29, 1.82) is 0 Å². The van der Waals surface area contributed by atoms with Crippen LogP contribution in [0.4, 0.5) is 0 Å². The molecule has 3 nitrogen and oxygen atoms in total. The molecule has 0 aromatic rings. The molecule has 0 heterocycles. The molecule has 0 aromatic heterocycles. The second-order valence-electron chi connectivity index (χ2n) is 3.25. The zero-order valence-electron chi connectivity index (χ0n) is 9.73. The third-order valence-corrected chi connectivity index (χ3v) is 2.16. The average molecular weight is 240 g/mol. The van der Waals surface area contributed by atoms with Crippen molar-refractivity contribution in [3.63, 3.8) is 0 Å². The summed E-state index contributed by atoms with van der Waals surface area (Å²) in [6.45, 7) is 4.18. The molecule has 0 aliphatic heterocycles. The van der Waals surface area contributed by atoms with E-state index in [-0.39, 0.29) is 20.3 Å². The summed E-state index contributed by atoms with van der Waals surface area (Å²) in [5.41, 5.74) is 0. The van der Waals surface area contributed by atoms with Crippen LogP contribution >= 0.6 is 8.46 Å². The van der Waals surface area contributed by atoms with Crippen molar-refractivity contribution in [1.82, 2.24) is 0 Å². The van der Waals surface area contributed by atoms with Gasteiger partial charge >= 0.3 is 5.97 Å². The summed E-state index contributed by atoms with van der Waals surface area (Å²) in [6, 6.07) is 0. The molecule has 0 aliphatic rings. The topological polar surface area (TPSA) is 43.4 Å². The van der Waals surface area contributed by atoms with Gasteiger partial charge in [0.15, 0.2) is 8.46 Å². The second kappa shape index (κ2) is 10.4. The van der Waals surface area contributed by atoms with E-state index in [2.05, 4.69) is 11.8 Å². The van der Waals surface area contributed by atoms with Crippen molar-refractivity contribution in [2.45, 2.75) is 26.7 Å². The van der Waals surface area contributed by atoms with Gasteiger partial charge in [-0.2, -0.15) is 0 Å². The second-order valence-corrected chi connectivity index (χ2v) is 3.87. The maximum absolute atomic E-state index is 11.0. The van der Waals surface area contributed by atoms with Gasteiger partial charge in [-0.25, -0.2) is 0 Å². The molecule has 0 amide bonds. The predicted molar refractivity (Wildman–Crippen MR) is 64.4 cm³/mol. The van der Waals surface area contributed by atoms with Crippen LogP contribution in [-0.2, 0) is 14.1 Å². The largest absolute Gasteiger partial charge is 0.466 e. The Morgan fingerprint density at radius 2 is 2.31 bits per heavy atom. The van der Waals surface area contributed by atoms with Crippen LogP contribution < -0.4 is 0 Å². The molecular formula is C12H17O3P. The number of carbonyl (C=O) groups excluding carboxylic acids is 1. The lowest BCUT2D eigenvalue weighted by Crippen LogP contribution is -2.05. The molecule has 4 heteroatoms. The molecule has 0 spiro atoms. The highest BCUT2D eigenvalue weighted by molar-refractivity contribution is 7.23. The van der Waals surface area contributed by atoms with E-state index in [9.17, 15) is 9.36 Å². The summed E-state index contributed by atoms with van der Waals surface area (Å²) in [7, 11) is 0.104. The van der Waals surface area contributed by atoms with Crippen LogP contribution in [0.5, 0.6) is 0 Å². The highest BCUT2D eigenvalue weighted by Crippen LogP contribution is 2.04. The van der Waals surface area contributed by atoms with Crippen LogP contribution in [0.2, 0.25) is 0 Å². The molecule has 0 N–H and O–H groups in total. The van der Waals surface area contributed by atoms with Gasteiger partial charge in [0.1, 0.15) is 0 Å². The van der Waals surface area contributed by atoms with E-state index in [0.29, 0.717) is 25.6 Å². The Labute approximate surface area is 98.5 Å². The van der Waals surface area contributed by atoms with E-state index in [4.69, 9.17) is 4.74 Å². The first-order valence-corrected chi connectivity index (χ1v) is 6.31. The molecule has 16 heavy (non-hydrogen) atoms. The molecule has 0 fully saturated rings. The van der Waals surface area contributed by atoms with Crippen molar-refractivity contribution in [3.05, 3.63) is 12.2 Å². The molecule has 0 saturated heterocycles. The minimum atomic E-state index is -0.170. The van der Waals surface area contributed by atoms with Gasteiger partial charge in [-0.15, -0.1) is 0 Å². The Bertz CT molecular complexity index is 299. The predicted octanol–water partition coefficient (Wildman–Crippen LogP) is 2.82. The number of hydrogen-bond acceptors (Lipinski definition) is 3. The first-order valence-electron chi connectivity index (χ1n) is 5.31. The Morgan fingerprint density at radius 3 is 2.94 bits per heavy atom. The summed E-state index contributed by atoms with van der Waals surface area (Å²) in [6.07, 6.45) is 5.04. The number of allylic oxidation sites excluding steroid dienone is 2. The summed E-state index contributed by atoms with van der Waals surface area (Å²) in [4.78, 5) is 11.0. The van der Waals surface area contributed by atoms with Crippen molar-refractivity contribution < 1.29 is 14.1 Å². The Balaban J connectivity index is 3.76.